The van der Waals surface area contributed by atoms with Gasteiger partial charge in [0.2, 0.25) is 0 Å². The van der Waals surface area contributed by atoms with E-state index in [9.17, 15) is 8.42 Å². The van der Waals surface area contributed by atoms with E-state index in [0.29, 0.717) is 10.0 Å². The molecule has 0 aliphatic carbocycles. The predicted molar refractivity (Wildman–Crippen MR) is 122 cm³/mol. The lowest BCUT2D eigenvalue weighted by atomic mass is 10.0. The van der Waals surface area contributed by atoms with Crippen LogP contribution in [0.3, 0.4) is 0 Å². The standard InChI is InChI=1S/C22H23ClN2O3S2/c1-15(16-5-3-2-4-6-16)24-14-19-10-8-17-7-9-18(13-20(17)28-19)25-30(26,27)22-12-11-21(23)29-22/h2-7,9,11-13,15,19,24-25H,8,10,14H2,1H3/t15-,19?/m1/s1. The lowest BCUT2D eigenvalue weighted by Crippen LogP contribution is -2.35. The summed E-state index contributed by atoms with van der Waals surface area (Å²) in [5.74, 6) is 0.727. The smallest absolute Gasteiger partial charge is 0.271 e. The molecule has 1 aliphatic heterocycles. The molecule has 0 spiro atoms. The van der Waals surface area contributed by atoms with Crippen LogP contribution in [0.25, 0.3) is 0 Å². The lowest BCUT2D eigenvalue weighted by molar-refractivity contribution is 0.167. The minimum Gasteiger partial charge on any atom is -0.489 e. The van der Waals surface area contributed by atoms with E-state index < -0.39 is 10.0 Å². The van der Waals surface area contributed by atoms with Crippen molar-refractivity contribution in [1.29, 1.82) is 0 Å². The first kappa shape index (κ1) is 21.2. The van der Waals surface area contributed by atoms with Gasteiger partial charge in [0.1, 0.15) is 16.1 Å². The number of hydrogen-bond acceptors (Lipinski definition) is 5. The van der Waals surface area contributed by atoms with Gasteiger partial charge in [-0.15, -0.1) is 11.3 Å². The number of ether oxygens (including phenoxy) is 1. The van der Waals surface area contributed by atoms with E-state index in [1.807, 2.05) is 24.3 Å². The molecule has 0 radical (unpaired) electrons. The maximum absolute atomic E-state index is 12.5. The van der Waals surface area contributed by atoms with Gasteiger partial charge < -0.3 is 10.1 Å². The Kier molecular flexibility index (Phi) is 6.34. The highest BCUT2D eigenvalue weighted by molar-refractivity contribution is 7.94. The number of sulfonamides is 1. The summed E-state index contributed by atoms with van der Waals surface area (Å²) >= 11 is 6.90. The number of rotatable bonds is 7. The SMILES string of the molecule is C[C@@H](NCC1CCc2ccc(NS(=O)(=O)c3ccc(Cl)s3)cc2O1)c1ccccc1. The van der Waals surface area contributed by atoms with E-state index in [-0.39, 0.29) is 16.4 Å². The van der Waals surface area contributed by atoms with Gasteiger partial charge in [0.05, 0.1) is 10.0 Å². The predicted octanol–water partition coefficient (Wildman–Crippen LogP) is 5.25. The van der Waals surface area contributed by atoms with E-state index in [1.165, 1.54) is 11.6 Å². The Morgan fingerprint density at radius 2 is 1.97 bits per heavy atom. The molecule has 0 fully saturated rings. The van der Waals surface area contributed by atoms with Crippen molar-refractivity contribution in [2.24, 2.45) is 0 Å². The summed E-state index contributed by atoms with van der Waals surface area (Å²) in [4.78, 5) is 0. The van der Waals surface area contributed by atoms with Gasteiger partial charge in [-0.3, -0.25) is 4.72 Å². The number of nitrogens with one attached hydrogen (secondary N) is 2. The fourth-order valence-corrected chi connectivity index (χ4v) is 5.98. The zero-order valence-corrected chi connectivity index (χ0v) is 18.9. The third-order valence-corrected chi connectivity index (χ3v) is 8.22. The van der Waals surface area contributed by atoms with Crippen LogP contribution in [0, 0.1) is 0 Å². The molecule has 30 heavy (non-hydrogen) atoms. The molecule has 1 aliphatic rings. The molecule has 158 valence electrons. The number of halogens is 1. The Balaban J connectivity index is 1.41. The molecule has 5 nitrogen and oxygen atoms in total. The first-order chi connectivity index (χ1) is 14.4. The molecular formula is C22H23ClN2O3S2. The van der Waals surface area contributed by atoms with E-state index >= 15 is 0 Å². The summed E-state index contributed by atoms with van der Waals surface area (Å²) in [6.45, 7) is 2.86. The third kappa shape index (κ3) is 4.98. The maximum atomic E-state index is 12.5. The van der Waals surface area contributed by atoms with Crippen LogP contribution in [0.5, 0.6) is 5.75 Å². The molecular weight excluding hydrogens is 440 g/mol. The van der Waals surface area contributed by atoms with Crippen LogP contribution in [0.15, 0.2) is 64.9 Å². The molecule has 2 atom stereocenters. The normalized spacial score (nSPS) is 17.1. The first-order valence-corrected chi connectivity index (χ1v) is 12.4. The van der Waals surface area contributed by atoms with Gasteiger partial charge in [-0.2, -0.15) is 0 Å². The summed E-state index contributed by atoms with van der Waals surface area (Å²) in [5, 5.41) is 3.53. The summed E-state index contributed by atoms with van der Waals surface area (Å²) in [5.41, 5.74) is 2.80. The highest BCUT2D eigenvalue weighted by atomic mass is 35.5. The second-order valence-electron chi connectivity index (χ2n) is 7.31. The fourth-order valence-electron chi connectivity index (χ4n) is 3.45. The van der Waals surface area contributed by atoms with Gasteiger partial charge in [-0.05, 0) is 49.1 Å². The quantitative estimate of drug-likeness (QED) is 0.503. The van der Waals surface area contributed by atoms with Crippen molar-refractivity contribution >= 4 is 38.6 Å². The summed E-state index contributed by atoms with van der Waals surface area (Å²) in [6, 6.07) is 19.0. The van der Waals surface area contributed by atoms with Gasteiger partial charge in [0.15, 0.2) is 0 Å². The van der Waals surface area contributed by atoms with Crippen molar-refractivity contribution in [3.05, 3.63) is 76.1 Å². The van der Waals surface area contributed by atoms with Crippen molar-refractivity contribution < 1.29 is 13.2 Å². The Morgan fingerprint density at radius 1 is 1.17 bits per heavy atom. The van der Waals surface area contributed by atoms with Gasteiger partial charge in [-0.25, -0.2) is 8.42 Å². The van der Waals surface area contributed by atoms with E-state index in [4.69, 9.17) is 16.3 Å². The van der Waals surface area contributed by atoms with Crippen molar-refractivity contribution in [3.8, 4) is 5.75 Å². The van der Waals surface area contributed by atoms with Crippen LogP contribution in [0.4, 0.5) is 5.69 Å². The number of thiophene rings is 1. The van der Waals surface area contributed by atoms with Crippen LogP contribution < -0.4 is 14.8 Å². The zero-order chi connectivity index (χ0) is 21.1. The van der Waals surface area contributed by atoms with E-state index in [1.54, 1.807) is 18.2 Å². The number of fused-ring (bicyclic) bond motifs is 1. The number of anilines is 1. The van der Waals surface area contributed by atoms with Crippen molar-refractivity contribution in [2.45, 2.75) is 36.1 Å². The number of aryl methyl sites for hydroxylation is 1. The van der Waals surface area contributed by atoms with Crippen molar-refractivity contribution in [2.75, 3.05) is 11.3 Å². The molecule has 2 N–H and O–H groups in total. The third-order valence-electron chi connectivity index (χ3n) is 5.11. The highest BCUT2D eigenvalue weighted by Gasteiger charge is 2.22. The lowest BCUT2D eigenvalue weighted by Gasteiger charge is -2.28. The minimum atomic E-state index is -3.67. The van der Waals surface area contributed by atoms with Crippen LogP contribution in [-0.4, -0.2) is 21.1 Å². The molecule has 0 amide bonds. The Labute approximate surface area is 186 Å². The monoisotopic (exact) mass is 462 g/mol. The molecule has 8 heteroatoms. The molecule has 2 heterocycles. The Hall–Kier alpha value is -2.06. The van der Waals surface area contributed by atoms with Gasteiger partial charge in [0.25, 0.3) is 10.0 Å². The van der Waals surface area contributed by atoms with Crippen LogP contribution >= 0.6 is 22.9 Å². The average molecular weight is 463 g/mol. The summed E-state index contributed by atoms with van der Waals surface area (Å²) in [7, 11) is -3.67. The molecule has 0 saturated carbocycles. The summed E-state index contributed by atoms with van der Waals surface area (Å²) in [6.07, 6.45) is 1.85. The second kappa shape index (κ2) is 8.98. The van der Waals surface area contributed by atoms with Crippen LogP contribution in [-0.2, 0) is 16.4 Å². The molecule has 0 saturated heterocycles. The molecule has 4 rings (SSSR count). The fraction of sp³-hybridized carbons (Fsp3) is 0.273. The molecule has 2 aromatic carbocycles. The molecule has 3 aromatic rings. The average Bonchev–Trinajstić information content (AvgIpc) is 3.19. The highest BCUT2D eigenvalue weighted by Crippen LogP contribution is 2.32. The van der Waals surface area contributed by atoms with Crippen molar-refractivity contribution in [3.63, 3.8) is 0 Å². The van der Waals surface area contributed by atoms with Gasteiger partial charge in [0, 0.05) is 18.7 Å². The van der Waals surface area contributed by atoms with Crippen LogP contribution in [0.1, 0.15) is 30.5 Å². The Bertz CT molecular complexity index is 1120. The van der Waals surface area contributed by atoms with E-state index in [2.05, 4.69) is 29.1 Å². The zero-order valence-electron chi connectivity index (χ0n) is 16.5. The minimum absolute atomic E-state index is 0.0339. The van der Waals surface area contributed by atoms with Crippen LogP contribution in [0.2, 0.25) is 4.34 Å². The molecule has 1 aromatic heterocycles. The summed E-state index contributed by atoms with van der Waals surface area (Å²) < 4.78 is 34.5. The van der Waals surface area contributed by atoms with E-state index in [0.717, 1.165) is 42.0 Å². The topological polar surface area (TPSA) is 67.4 Å². The first-order valence-electron chi connectivity index (χ1n) is 9.77. The largest absolute Gasteiger partial charge is 0.489 e. The van der Waals surface area contributed by atoms with Gasteiger partial charge in [-0.1, -0.05) is 48.0 Å². The molecule has 1 unspecified atom stereocenters. The second-order valence-corrected chi connectivity index (χ2v) is 10.9. The molecule has 0 bridgehead atoms. The van der Waals surface area contributed by atoms with Crippen molar-refractivity contribution in [1.82, 2.24) is 5.32 Å². The van der Waals surface area contributed by atoms with Gasteiger partial charge >= 0.3 is 0 Å². The Morgan fingerprint density at radius 3 is 2.70 bits per heavy atom. The number of hydrogen-bond donors (Lipinski definition) is 2. The maximum Gasteiger partial charge on any atom is 0.271 e. The number of benzene rings is 2.